The fraction of sp³-hybridized carbons (Fsp3) is 0.556. The summed E-state index contributed by atoms with van der Waals surface area (Å²) in [7, 11) is 1.77. The number of carbonyl (C=O) groups excluding carboxylic acids is 1. The van der Waals surface area contributed by atoms with Crippen molar-refractivity contribution in [3.8, 4) is 0 Å². The molecule has 1 N–H and O–H groups in total. The molecule has 0 radical (unpaired) electrons. The first-order valence-electron chi connectivity index (χ1n) is 4.42. The van der Waals surface area contributed by atoms with E-state index in [0.29, 0.717) is 0 Å². The molecule has 4 nitrogen and oxygen atoms in total. The number of nitrogens with one attached hydrogen (secondary N) is 1. The molecule has 0 spiro atoms. The zero-order chi connectivity index (χ0) is 10.6. The van der Waals surface area contributed by atoms with Gasteiger partial charge in [-0.3, -0.25) is 9.89 Å². The molecule has 1 aromatic heterocycles. The van der Waals surface area contributed by atoms with Crippen LogP contribution in [0, 0.1) is 5.92 Å². The summed E-state index contributed by atoms with van der Waals surface area (Å²) in [6, 6.07) is 0. The molecular formula is C9H15N3OS. The first-order valence-corrected chi connectivity index (χ1v) is 5.81. The lowest BCUT2D eigenvalue weighted by atomic mass is 10.2. The molecule has 0 saturated heterocycles. The Balaban J connectivity index is 2.61. The van der Waals surface area contributed by atoms with E-state index in [2.05, 4.69) is 10.2 Å². The van der Waals surface area contributed by atoms with Crippen LogP contribution in [0.25, 0.3) is 0 Å². The van der Waals surface area contributed by atoms with E-state index >= 15 is 0 Å². The number of thioether (sulfide) groups is 1. The molecule has 0 fully saturated rings. The van der Waals surface area contributed by atoms with Crippen LogP contribution in [0.4, 0.5) is 5.69 Å². The minimum Gasteiger partial charge on any atom is -0.312 e. The Morgan fingerprint density at radius 2 is 2.50 bits per heavy atom. The van der Waals surface area contributed by atoms with Crippen LogP contribution in [0.5, 0.6) is 0 Å². The number of nitrogens with zero attached hydrogens (tertiary/aromatic N) is 2. The molecule has 1 atom stereocenters. The molecule has 0 saturated carbocycles. The Kier molecular flexibility index (Phi) is 4.00. The van der Waals surface area contributed by atoms with Crippen molar-refractivity contribution in [2.45, 2.75) is 6.92 Å². The topological polar surface area (TPSA) is 49.0 Å². The minimum atomic E-state index is 0.0462. The third kappa shape index (κ3) is 2.51. The lowest BCUT2D eigenvalue weighted by Gasteiger charge is -2.18. The van der Waals surface area contributed by atoms with E-state index < -0.39 is 0 Å². The molecule has 0 aliphatic heterocycles. The number of anilines is 1. The van der Waals surface area contributed by atoms with Crippen molar-refractivity contribution in [3.05, 3.63) is 12.4 Å². The molecule has 0 aromatic carbocycles. The number of aromatic nitrogens is 2. The van der Waals surface area contributed by atoms with Crippen LogP contribution in [0.2, 0.25) is 0 Å². The third-order valence-electron chi connectivity index (χ3n) is 2.04. The van der Waals surface area contributed by atoms with Crippen molar-refractivity contribution in [3.63, 3.8) is 0 Å². The number of hydrogen-bond acceptors (Lipinski definition) is 3. The van der Waals surface area contributed by atoms with Gasteiger partial charge in [-0.1, -0.05) is 6.92 Å². The van der Waals surface area contributed by atoms with Gasteiger partial charge in [0, 0.05) is 24.9 Å². The van der Waals surface area contributed by atoms with Gasteiger partial charge < -0.3 is 4.90 Å². The monoisotopic (exact) mass is 213 g/mol. The van der Waals surface area contributed by atoms with Gasteiger partial charge in [0.15, 0.2) is 0 Å². The second kappa shape index (κ2) is 5.05. The maximum Gasteiger partial charge on any atom is 0.230 e. The molecule has 1 aromatic rings. The standard InChI is InChI=1S/C9H15N3OS/c1-7(6-14-3)9(13)12(2)8-4-10-11-5-8/h4-5,7H,6H2,1-3H3,(H,10,11)/t7-/m0/s1. The SMILES string of the molecule is CSC[C@H](C)C(=O)N(C)c1cn[nH]c1. The number of carbonyl (C=O) groups is 1. The quantitative estimate of drug-likeness (QED) is 0.822. The van der Waals surface area contributed by atoms with Crippen LogP contribution in [-0.4, -0.2) is 35.2 Å². The van der Waals surface area contributed by atoms with Gasteiger partial charge in [0.25, 0.3) is 0 Å². The summed E-state index contributed by atoms with van der Waals surface area (Å²) in [6.07, 6.45) is 5.36. The molecule has 5 heteroatoms. The number of hydrogen-bond donors (Lipinski definition) is 1. The van der Waals surface area contributed by atoms with Gasteiger partial charge in [0.2, 0.25) is 5.91 Å². The van der Waals surface area contributed by atoms with E-state index in [-0.39, 0.29) is 11.8 Å². The van der Waals surface area contributed by atoms with Gasteiger partial charge in [-0.15, -0.1) is 0 Å². The minimum absolute atomic E-state index is 0.0462. The van der Waals surface area contributed by atoms with Gasteiger partial charge in [-0.25, -0.2) is 0 Å². The summed E-state index contributed by atoms with van der Waals surface area (Å²) in [5.74, 6) is 1.02. The van der Waals surface area contributed by atoms with Crippen LogP contribution in [0.1, 0.15) is 6.92 Å². The second-order valence-electron chi connectivity index (χ2n) is 3.21. The Morgan fingerprint density at radius 1 is 1.79 bits per heavy atom. The average Bonchev–Trinajstić information content (AvgIpc) is 2.68. The summed E-state index contributed by atoms with van der Waals surface area (Å²) in [5.41, 5.74) is 0.808. The predicted octanol–water partition coefficient (Wildman–Crippen LogP) is 1.37. The molecule has 78 valence electrons. The van der Waals surface area contributed by atoms with Crippen LogP contribution >= 0.6 is 11.8 Å². The Labute approximate surface area is 88.1 Å². The van der Waals surface area contributed by atoms with E-state index in [0.717, 1.165) is 11.4 Å². The summed E-state index contributed by atoms with van der Waals surface area (Å²) < 4.78 is 0. The highest BCUT2D eigenvalue weighted by atomic mass is 32.2. The number of aromatic amines is 1. The van der Waals surface area contributed by atoms with Crippen molar-refractivity contribution >= 4 is 23.4 Å². The predicted molar refractivity (Wildman–Crippen MR) is 59.5 cm³/mol. The van der Waals surface area contributed by atoms with Gasteiger partial charge in [0.05, 0.1) is 11.9 Å². The van der Waals surface area contributed by atoms with E-state index in [1.807, 2.05) is 13.2 Å². The maximum atomic E-state index is 11.8. The Bertz CT molecular complexity index is 286. The van der Waals surface area contributed by atoms with Gasteiger partial charge in [0.1, 0.15) is 0 Å². The van der Waals surface area contributed by atoms with Crippen LogP contribution in [0.15, 0.2) is 12.4 Å². The fourth-order valence-electron chi connectivity index (χ4n) is 1.21. The first-order chi connectivity index (χ1) is 6.66. The lowest BCUT2D eigenvalue weighted by molar-refractivity contribution is -0.120. The Morgan fingerprint density at radius 3 is 3.00 bits per heavy atom. The highest BCUT2D eigenvalue weighted by Crippen LogP contribution is 2.14. The number of rotatable bonds is 4. The molecule has 0 aliphatic rings. The van der Waals surface area contributed by atoms with Gasteiger partial charge in [-0.2, -0.15) is 16.9 Å². The zero-order valence-electron chi connectivity index (χ0n) is 8.65. The van der Waals surface area contributed by atoms with Crippen molar-refractivity contribution in [1.29, 1.82) is 0 Å². The summed E-state index contributed by atoms with van der Waals surface area (Å²) in [4.78, 5) is 13.4. The molecule has 1 amide bonds. The molecule has 0 aliphatic carbocycles. The van der Waals surface area contributed by atoms with Gasteiger partial charge in [-0.05, 0) is 6.26 Å². The molecule has 0 bridgehead atoms. The third-order valence-corrected chi connectivity index (χ3v) is 2.87. The van der Waals surface area contributed by atoms with E-state index in [1.54, 1.807) is 36.1 Å². The van der Waals surface area contributed by atoms with Crippen molar-refractivity contribution in [2.24, 2.45) is 5.92 Å². The first kappa shape index (κ1) is 11.1. The van der Waals surface area contributed by atoms with E-state index in [1.165, 1.54) is 0 Å². The van der Waals surface area contributed by atoms with Crippen molar-refractivity contribution in [2.75, 3.05) is 24.0 Å². The smallest absolute Gasteiger partial charge is 0.230 e. The summed E-state index contributed by atoms with van der Waals surface area (Å²) in [5, 5.41) is 6.49. The highest BCUT2D eigenvalue weighted by Gasteiger charge is 2.18. The number of H-pyrrole nitrogens is 1. The average molecular weight is 213 g/mol. The van der Waals surface area contributed by atoms with Crippen LogP contribution in [-0.2, 0) is 4.79 Å². The lowest BCUT2D eigenvalue weighted by Crippen LogP contribution is -2.32. The zero-order valence-corrected chi connectivity index (χ0v) is 9.47. The van der Waals surface area contributed by atoms with Crippen LogP contribution in [0.3, 0.4) is 0 Å². The largest absolute Gasteiger partial charge is 0.312 e. The van der Waals surface area contributed by atoms with Gasteiger partial charge >= 0.3 is 0 Å². The number of amides is 1. The molecule has 0 unspecified atom stereocenters. The maximum absolute atomic E-state index is 11.8. The molecule has 1 heterocycles. The molecule has 1 rings (SSSR count). The van der Waals surface area contributed by atoms with E-state index in [9.17, 15) is 4.79 Å². The highest BCUT2D eigenvalue weighted by molar-refractivity contribution is 7.98. The summed E-state index contributed by atoms with van der Waals surface area (Å²) in [6.45, 7) is 1.94. The second-order valence-corrected chi connectivity index (χ2v) is 4.12. The Hall–Kier alpha value is -0.970. The van der Waals surface area contributed by atoms with Crippen LogP contribution < -0.4 is 4.90 Å². The molecule has 14 heavy (non-hydrogen) atoms. The normalized spacial score (nSPS) is 12.5. The van der Waals surface area contributed by atoms with Crippen molar-refractivity contribution < 1.29 is 4.79 Å². The van der Waals surface area contributed by atoms with E-state index in [4.69, 9.17) is 0 Å². The van der Waals surface area contributed by atoms with Crippen molar-refractivity contribution in [1.82, 2.24) is 10.2 Å². The molecular weight excluding hydrogens is 198 g/mol. The summed E-state index contributed by atoms with van der Waals surface area (Å²) >= 11 is 1.68. The fourth-order valence-corrected chi connectivity index (χ4v) is 1.85.